The quantitative estimate of drug-likeness (QED) is 0.433. The van der Waals surface area contributed by atoms with Crippen LogP contribution in [0.4, 0.5) is 0 Å². The normalized spacial score (nSPS) is 28.4. The Labute approximate surface area is 176 Å². The van der Waals surface area contributed by atoms with E-state index in [0.29, 0.717) is 16.9 Å². The van der Waals surface area contributed by atoms with Gasteiger partial charge in [-0.15, -0.1) is 8.58 Å². The van der Waals surface area contributed by atoms with Crippen LogP contribution in [-0.2, 0) is 6.42 Å². The number of fused-ring (bicyclic) bond motifs is 1. The molecule has 0 aromatic heterocycles. The first-order valence-electron chi connectivity index (χ1n) is 11.5. The molecule has 0 amide bonds. The first-order chi connectivity index (χ1) is 13.2. The highest BCUT2D eigenvalue weighted by Gasteiger charge is 2.46. The van der Waals surface area contributed by atoms with E-state index in [0.717, 1.165) is 14.5 Å². The van der Waals surface area contributed by atoms with Crippen LogP contribution in [0.2, 0.25) is 0 Å². The lowest BCUT2D eigenvalue weighted by Gasteiger charge is -2.51. The van der Waals surface area contributed by atoms with Gasteiger partial charge in [0.25, 0.3) is 0 Å². The number of likely N-dealkylation sites (tertiary alicyclic amines) is 1. The van der Waals surface area contributed by atoms with Gasteiger partial charge in [0.15, 0.2) is 0 Å². The molecule has 0 spiro atoms. The van der Waals surface area contributed by atoms with Crippen molar-refractivity contribution in [3.8, 4) is 0 Å². The molecule has 0 bridgehead atoms. The Morgan fingerprint density at radius 1 is 1.29 bits per heavy atom. The van der Waals surface area contributed by atoms with Gasteiger partial charge in [0.1, 0.15) is 0 Å². The first-order valence-corrected chi connectivity index (χ1v) is 12.9. The average Bonchev–Trinajstić information content (AvgIpc) is 3.08. The van der Waals surface area contributed by atoms with Gasteiger partial charge in [-0.1, -0.05) is 77.8 Å². The number of rotatable bonds is 7. The molecule has 2 aliphatic rings. The SMILES string of the molecule is C=C1CCCN1C1c2cc(C)ccc2CC(C)(CC)C1CPCC(C)(C)CC. The van der Waals surface area contributed by atoms with Gasteiger partial charge in [0.2, 0.25) is 0 Å². The van der Waals surface area contributed by atoms with Crippen LogP contribution in [0.25, 0.3) is 0 Å². The van der Waals surface area contributed by atoms with Crippen molar-refractivity contribution in [3.05, 3.63) is 47.2 Å². The van der Waals surface area contributed by atoms with E-state index in [1.54, 1.807) is 11.1 Å². The molecule has 28 heavy (non-hydrogen) atoms. The maximum atomic E-state index is 4.48. The second-order valence-corrected chi connectivity index (χ2v) is 11.7. The van der Waals surface area contributed by atoms with Crippen LogP contribution in [0, 0.1) is 23.7 Å². The molecule has 4 unspecified atom stereocenters. The molecule has 1 aliphatic carbocycles. The van der Waals surface area contributed by atoms with Crippen LogP contribution in [0.3, 0.4) is 0 Å². The van der Waals surface area contributed by atoms with Gasteiger partial charge in [0, 0.05) is 12.2 Å². The third-order valence-corrected chi connectivity index (χ3v) is 9.77. The van der Waals surface area contributed by atoms with E-state index in [1.165, 1.54) is 62.2 Å². The fraction of sp³-hybridized carbons (Fsp3) is 0.692. The van der Waals surface area contributed by atoms with Crippen LogP contribution in [0.15, 0.2) is 30.5 Å². The van der Waals surface area contributed by atoms with Gasteiger partial charge in [-0.05, 0) is 66.4 Å². The fourth-order valence-corrected chi connectivity index (χ4v) is 7.33. The van der Waals surface area contributed by atoms with Gasteiger partial charge >= 0.3 is 0 Å². The summed E-state index contributed by atoms with van der Waals surface area (Å²) >= 11 is 0. The number of hydrogen-bond donors (Lipinski definition) is 0. The van der Waals surface area contributed by atoms with Crippen molar-refractivity contribution in [1.29, 1.82) is 0 Å². The van der Waals surface area contributed by atoms with E-state index < -0.39 is 0 Å². The van der Waals surface area contributed by atoms with Crippen molar-refractivity contribution in [1.82, 2.24) is 4.90 Å². The lowest BCUT2D eigenvalue weighted by molar-refractivity contribution is 0.0780. The zero-order valence-electron chi connectivity index (χ0n) is 19.2. The molecule has 4 atom stereocenters. The van der Waals surface area contributed by atoms with Crippen molar-refractivity contribution in [3.63, 3.8) is 0 Å². The summed E-state index contributed by atoms with van der Waals surface area (Å²) in [6, 6.07) is 7.76. The molecule has 1 aliphatic heterocycles. The fourth-order valence-electron chi connectivity index (χ4n) is 5.23. The summed E-state index contributed by atoms with van der Waals surface area (Å²) in [7, 11) is 1.06. The average molecular weight is 400 g/mol. The Morgan fingerprint density at radius 2 is 2.04 bits per heavy atom. The molecule has 2 heteroatoms. The van der Waals surface area contributed by atoms with Crippen molar-refractivity contribution >= 4 is 8.58 Å². The van der Waals surface area contributed by atoms with Crippen molar-refractivity contribution in [2.45, 2.75) is 79.7 Å². The third kappa shape index (κ3) is 4.35. The lowest BCUT2D eigenvalue weighted by Crippen LogP contribution is -2.45. The smallest absolute Gasteiger partial charge is 0.0578 e. The highest BCUT2D eigenvalue weighted by molar-refractivity contribution is 7.38. The van der Waals surface area contributed by atoms with Crippen molar-refractivity contribution in [2.75, 3.05) is 18.9 Å². The molecule has 0 N–H and O–H groups in total. The standard InChI is InChI=1S/C26H42NP/c1-8-25(5,6)18-28-17-23-24(27-14-10-11-20(27)4)22-15-19(3)12-13-21(22)16-26(23,7)9-2/h12-13,15,23-24,28H,4,8-11,14,16-18H2,1-3,5-7H3. The monoisotopic (exact) mass is 399 g/mol. The molecule has 1 aromatic rings. The van der Waals surface area contributed by atoms with Crippen LogP contribution >= 0.6 is 8.58 Å². The van der Waals surface area contributed by atoms with Crippen LogP contribution in [-0.4, -0.2) is 23.8 Å². The van der Waals surface area contributed by atoms with Crippen molar-refractivity contribution < 1.29 is 0 Å². The summed E-state index contributed by atoms with van der Waals surface area (Å²) in [6.45, 7) is 20.1. The topological polar surface area (TPSA) is 3.24 Å². The predicted molar refractivity (Wildman–Crippen MR) is 127 cm³/mol. The highest BCUT2D eigenvalue weighted by atomic mass is 31.1. The van der Waals surface area contributed by atoms with E-state index >= 15 is 0 Å². The summed E-state index contributed by atoms with van der Waals surface area (Å²) in [5, 5.41) is 0. The minimum atomic E-state index is 0.388. The largest absolute Gasteiger partial charge is 0.368 e. The number of hydrogen-bond acceptors (Lipinski definition) is 1. The Bertz CT molecular complexity index is 706. The van der Waals surface area contributed by atoms with E-state index in [4.69, 9.17) is 0 Å². The van der Waals surface area contributed by atoms with E-state index in [9.17, 15) is 0 Å². The molecule has 1 nitrogen and oxygen atoms in total. The minimum Gasteiger partial charge on any atom is -0.368 e. The Balaban J connectivity index is 1.97. The molecule has 0 saturated carbocycles. The minimum absolute atomic E-state index is 0.388. The molecule has 1 aromatic carbocycles. The molecule has 156 valence electrons. The van der Waals surface area contributed by atoms with Gasteiger partial charge in [-0.25, -0.2) is 0 Å². The molecule has 0 radical (unpaired) electrons. The second-order valence-electron chi connectivity index (χ2n) is 10.4. The molecular formula is C26H42NP. The molecule has 3 rings (SSSR count). The number of aryl methyl sites for hydroxylation is 1. The van der Waals surface area contributed by atoms with E-state index in [1.807, 2.05) is 0 Å². The van der Waals surface area contributed by atoms with Crippen molar-refractivity contribution in [2.24, 2.45) is 16.7 Å². The van der Waals surface area contributed by atoms with Gasteiger partial charge in [-0.2, -0.15) is 0 Å². The predicted octanol–water partition coefficient (Wildman–Crippen LogP) is 7.35. The summed E-state index contributed by atoms with van der Waals surface area (Å²) in [6.07, 6.45) is 8.98. The maximum Gasteiger partial charge on any atom is 0.0578 e. The first kappa shape index (κ1) is 21.9. The molecule has 1 fully saturated rings. The Kier molecular flexibility index (Phi) is 6.65. The summed E-state index contributed by atoms with van der Waals surface area (Å²) in [5.41, 5.74) is 6.85. The molecule has 1 saturated heterocycles. The van der Waals surface area contributed by atoms with E-state index in [2.05, 4.69) is 71.2 Å². The van der Waals surface area contributed by atoms with Crippen LogP contribution in [0.1, 0.15) is 83.0 Å². The summed E-state index contributed by atoms with van der Waals surface area (Å²) in [4.78, 5) is 2.70. The lowest BCUT2D eigenvalue weighted by atomic mass is 9.62. The number of benzene rings is 1. The van der Waals surface area contributed by atoms with E-state index in [-0.39, 0.29) is 0 Å². The Hall–Kier alpha value is -0.810. The highest BCUT2D eigenvalue weighted by Crippen LogP contribution is 2.54. The molecule has 1 heterocycles. The van der Waals surface area contributed by atoms with Crippen LogP contribution < -0.4 is 0 Å². The number of allylic oxidation sites excluding steroid dienone is 1. The molecular weight excluding hydrogens is 357 g/mol. The second kappa shape index (κ2) is 8.51. The number of nitrogens with zero attached hydrogens (tertiary/aromatic N) is 1. The Morgan fingerprint density at radius 3 is 2.64 bits per heavy atom. The summed E-state index contributed by atoms with van der Waals surface area (Å²) in [5.74, 6) is 0.729. The van der Waals surface area contributed by atoms with Gasteiger partial charge in [0.05, 0.1) is 6.04 Å². The zero-order chi connectivity index (χ0) is 20.5. The maximum absolute atomic E-state index is 4.48. The van der Waals surface area contributed by atoms with Gasteiger partial charge in [-0.3, -0.25) is 0 Å². The summed E-state index contributed by atoms with van der Waals surface area (Å²) < 4.78 is 0. The third-order valence-electron chi connectivity index (χ3n) is 7.83. The van der Waals surface area contributed by atoms with Gasteiger partial charge < -0.3 is 4.90 Å². The van der Waals surface area contributed by atoms with Crippen LogP contribution in [0.5, 0.6) is 0 Å². The zero-order valence-corrected chi connectivity index (χ0v) is 20.2.